The zero-order valence-corrected chi connectivity index (χ0v) is 17.4. The van der Waals surface area contributed by atoms with Gasteiger partial charge >= 0.3 is 0 Å². The van der Waals surface area contributed by atoms with Crippen molar-refractivity contribution in [3.05, 3.63) is 60.4 Å². The van der Waals surface area contributed by atoms with Crippen LogP contribution in [0.2, 0.25) is 0 Å². The number of carbonyl (C=O) groups excluding carboxylic acids is 1. The lowest BCUT2D eigenvalue weighted by Crippen LogP contribution is -2.16. The molecule has 1 aromatic heterocycles. The highest BCUT2D eigenvalue weighted by Crippen LogP contribution is 2.39. The lowest BCUT2D eigenvalue weighted by atomic mass is 10.1. The summed E-state index contributed by atoms with van der Waals surface area (Å²) in [5.74, 6) is 1.18. The van der Waals surface area contributed by atoms with Gasteiger partial charge in [-0.25, -0.2) is 9.97 Å². The summed E-state index contributed by atoms with van der Waals surface area (Å²) < 4.78 is 5.50. The third-order valence-corrected chi connectivity index (χ3v) is 5.08. The van der Waals surface area contributed by atoms with E-state index in [1.54, 1.807) is 13.4 Å². The fourth-order valence-corrected chi connectivity index (χ4v) is 3.66. The first-order valence-electron chi connectivity index (χ1n) is 9.87. The molecule has 1 aliphatic rings. The molecule has 1 amide bonds. The van der Waals surface area contributed by atoms with Crippen LogP contribution < -0.4 is 15.0 Å². The Hall–Kier alpha value is -3.45. The Labute approximate surface area is 176 Å². The summed E-state index contributed by atoms with van der Waals surface area (Å²) in [6.07, 6.45) is 5.89. The van der Waals surface area contributed by atoms with Crippen LogP contribution in [0, 0.1) is 0 Å². The van der Waals surface area contributed by atoms with E-state index >= 15 is 0 Å². The van der Waals surface area contributed by atoms with Gasteiger partial charge in [0.1, 0.15) is 17.9 Å². The minimum Gasteiger partial charge on any atom is -0.494 e. The maximum atomic E-state index is 12.4. The fraction of sp³-hybridized carbons (Fsp3) is 0.261. The Morgan fingerprint density at radius 3 is 2.90 bits per heavy atom. The molecule has 1 aliphatic heterocycles. The highest BCUT2D eigenvalue weighted by Gasteiger charge is 2.23. The summed E-state index contributed by atoms with van der Waals surface area (Å²) in [5, 5.41) is 3.78. The summed E-state index contributed by atoms with van der Waals surface area (Å²) in [7, 11) is 5.48. The summed E-state index contributed by atoms with van der Waals surface area (Å²) in [6.45, 7) is 1.54. The molecule has 0 saturated heterocycles. The number of hydrogen-bond acceptors (Lipinski definition) is 6. The van der Waals surface area contributed by atoms with E-state index in [4.69, 9.17) is 4.74 Å². The van der Waals surface area contributed by atoms with Gasteiger partial charge in [0, 0.05) is 36.3 Å². The van der Waals surface area contributed by atoms with Crippen LogP contribution in [0.5, 0.6) is 5.75 Å². The molecule has 4 rings (SSSR count). The van der Waals surface area contributed by atoms with E-state index in [1.807, 2.05) is 43.3 Å². The minimum absolute atomic E-state index is 0.209. The lowest BCUT2D eigenvalue weighted by Gasteiger charge is -2.20. The second kappa shape index (κ2) is 8.51. The zero-order chi connectivity index (χ0) is 21.1. The molecule has 0 radical (unpaired) electrons. The molecule has 0 atom stereocenters. The highest BCUT2D eigenvalue weighted by atomic mass is 16.5. The van der Waals surface area contributed by atoms with Crippen molar-refractivity contribution in [2.24, 2.45) is 0 Å². The smallest absolute Gasteiger partial charge is 0.248 e. The molecule has 0 unspecified atom stereocenters. The molecule has 0 bridgehead atoms. The van der Waals surface area contributed by atoms with Crippen LogP contribution in [0.25, 0.3) is 10.9 Å². The number of anilines is 3. The van der Waals surface area contributed by atoms with Crippen molar-refractivity contribution < 1.29 is 9.53 Å². The van der Waals surface area contributed by atoms with Gasteiger partial charge in [-0.05, 0) is 38.2 Å². The Balaban J connectivity index is 1.71. The third kappa shape index (κ3) is 3.97. The van der Waals surface area contributed by atoms with Gasteiger partial charge in [0.2, 0.25) is 5.91 Å². The number of aromatic nitrogens is 2. The first-order valence-corrected chi connectivity index (χ1v) is 9.87. The van der Waals surface area contributed by atoms with E-state index in [0.717, 1.165) is 35.4 Å². The molecule has 0 fully saturated rings. The van der Waals surface area contributed by atoms with E-state index in [0.29, 0.717) is 18.0 Å². The van der Waals surface area contributed by atoms with Crippen molar-refractivity contribution in [3.63, 3.8) is 0 Å². The highest BCUT2D eigenvalue weighted by molar-refractivity contribution is 6.03. The number of amides is 1. The molecular formula is C23H25N5O2. The van der Waals surface area contributed by atoms with Gasteiger partial charge in [-0.15, -0.1) is 0 Å². The molecule has 1 N–H and O–H groups in total. The Morgan fingerprint density at radius 1 is 1.27 bits per heavy atom. The molecule has 2 aromatic carbocycles. The van der Waals surface area contributed by atoms with E-state index in [9.17, 15) is 4.79 Å². The molecule has 0 spiro atoms. The van der Waals surface area contributed by atoms with Gasteiger partial charge in [0.25, 0.3) is 0 Å². The van der Waals surface area contributed by atoms with Gasteiger partial charge in [-0.1, -0.05) is 24.3 Å². The standard InChI is InChI=1S/C23H25N5O2/c1-27(2)11-6-9-22(29)26-19-13-17-18(14-21(19)30-3)24-15-25-23(17)28-12-10-16-7-4-5-8-20(16)28/h4-9,13-15H,10-12H2,1-3H3,(H,26,29). The summed E-state index contributed by atoms with van der Waals surface area (Å²) in [6, 6.07) is 12.1. The molecular weight excluding hydrogens is 378 g/mol. The van der Waals surface area contributed by atoms with Crippen molar-refractivity contribution in [2.45, 2.75) is 6.42 Å². The van der Waals surface area contributed by atoms with Crippen molar-refractivity contribution in [1.29, 1.82) is 0 Å². The number of nitrogens with zero attached hydrogens (tertiary/aromatic N) is 4. The molecule has 3 aromatic rings. The van der Waals surface area contributed by atoms with Gasteiger partial charge < -0.3 is 19.9 Å². The first kappa shape index (κ1) is 19.8. The maximum Gasteiger partial charge on any atom is 0.248 e. The SMILES string of the molecule is COc1cc2ncnc(N3CCc4ccccc43)c2cc1NC(=O)C=CCN(C)C. The molecule has 30 heavy (non-hydrogen) atoms. The largest absolute Gasteiger partial charge is 0.494 e. The van der Waals surface area contributed by atoms with Crippen LogP contribution in [-0.2, 0) is 11.2 Å². The van der Waals surface area contributed by atoms with Crippen LogP contribution in [0.4, 0.5) is 17.2 Å². The second-order valence-corrected chi connectivity index (χ2v) is 7.45. The van der Waals surface area contributed by atoms with Gasteiger partial charge in [-0.3, -0.25) is 4.79 Å². The summed E-state index contributed by atoms with van der Waals surface area (Å²) in [5.41, 5.74) is 3.82. The van der Waals surface area contributed by atoms with E-state index in [-0.39, 0.29) is 5.91 Å². The zero-order valence-electron chi connectivity index (χ0n) is 17.4. The molecule has 7 nitrogen and oxygen atoms in total. The van der Waals surface area contributed by atoms with Crippen LogP contribution >= 0.6 is 0 Å². The number of methoxy groups -OCH3 is 1. The third-order valence-electron chi connectivity index (χ3n) is 5.08. The number of fused-ring (bicyclic) bond motifs is 2. The number of benzene rings is 2. The van der Waals surface area contributed by atoms with Crippen LogP contribution in [0.1, 0.15) is 5.56 Å². The van der Waals surface area contributed by atoms with Crippen molar-refractivity contribution in [3.8, 4) is 5.75 Å². The van der Waals surface area contributed by atoms with Crippen LogP contribution in [0.15, 0.2) is 54.9 Å². The number of rotatable bonds is 6. The van der Waals surface area contributed by atoms with Gasteiger partial charge in [0.05, 0.1) is 18.3 Å². The predicted octanol–water partition coefficient (Wildman–Crippen LogP) is 3.39. The number of likely N-dealkylation sites (N-methyl/N-ethyl adjacent to an activating group) is 1. The quantitative estimate of drug-likeness (QED) is 0.636. The van der Waals surface area contributed by atoms with Crippen molar-refractivity contribution in [2.75, 3.05) is 44.5 Å². The molecule has 2 heterocycles. The Bertz CT molecular complexity index is 1110. The normalized spacial score (nSPS) is 13.3. The lowest BCUT2D eigenvalue weighted by molar-refractivity contribution is -0.111. The van der Waals surface area contributed by atoms with Gasteiger partial charge in [0.15, 0.2) is 0 Å². The van der Waals surface area contributed by atoms with Crippen LogP contribution in [-0.4, -0.2) is 55.1 Å². The monoisotopic (exact) mass is 403 g/mol. The fourth-order valence-electron chi connectivity index (χ4n) is 3.66. The number of carbonyl (C=O) groups is 1. The number of hydrogen-bond donors (Lipinski definition) is 1. The van der Waals surface area contributed by atoms with Crippen LogP contribution in [0.3, 0.4) is 0 Å². The second-order valence-electron chi connectivity index (χ2n) is 7.45. The molecule has 154 valence electrons. The van der Waals surface area contributed by atoms with E-state index in [1.165, 1.54) is 11.6 Å². The summed E-state index contributed by atoms with van der Waals surface area (Å²) >= 11 is 0. The van der Waals surface area contributed by atoms with Gasteiger partial charge in [-0.2, -0.15) is 0 Å². The topological polar surface area (TPSA) is 70.6 Å². The average Bonchev–Trinajstić information content (AvgIpc) is 3.16. The van der Waals surface area contributed by atoms with Crippen molar-refractivity contribution >= 4 is 34.0 Å². The predicted molar refractivity (Wildman–Crippen MR) is 120 cm³/mol. The Morgan fingerprint density at radius 2 is 2.10 bits per heavy atom. The first-order chi connectivity index (χ1) is 14.6. The van der Waals surface area contributed by atoms with E-state index in [2.05, 4.69) is 38.4 Å². The molecule has 0 saturated carbocycles. The number of nitrogens with one attached hydrogen (secondary N) is 1. The van der Waals surface area contributed by atoms with Crippen molar-refractivity contribution in [1.82, 2.24) is 14.9 Å². The Kier molecular flexibility index (Phi) is 5.63. The molecule has 0 aliphatic carbocycles. The summed E-state index contributed by atoms with van der Waals surface area (Å²) in [4.78, 5) is 25.6. The minimum atomic E-state index is -0.209. The maximum absolute atomic E-state index is 12.4. The average molecular weight is 403 g/mol. The molecule has 7 heteroatoms. The number of ether oxygens (including phenoxy) is 1. The van der Waals surface area contributed by atoms with E-state index < -0.39 is 0 Å². The number of para-hydroxylation sites is 1.